The van der Waals surface area contributed by atoms with Crippen molar-refractivity contribution in [3.05, 3.63) is 51.2 Å². The van der Waals surface area contributed by atoms with Gasteiger partial charge in [-0.15, -0.1) is 11.3 Å². The molecule has 0 atom stereocenters. The highest BCUT2D eigenvalue weighted by atomic mass is 35.5. The lowest BCUT2D eigenvalue weighted by Crippen LogP contribution is -2.23. The molecule has 0 saturated carbocycles. The lowest BCUT2D eigenvalue weighted by atomic mass is 10.2. The van der Waals surface area contributed by atoms with Crippen LogP contribution in [0.15, 0.2) is 40.6 Å². The zero-order valence-corrected chi connectivity index (χ0v) is 13.3. The second-order valence-corrected chi connectivity index (χ2v) is 7.39. The lowest BCUT2D eigenvalue weighted by Gasteiger charge is -2.09. The Morgan fingerprint density at radius 2 is 2.05 bits per heavy atom. The average Bonchev–Trinajstić information content (AvgIpc) is 2.92. The van der Waals surface area contributed by atoms with Crippen molar-refractivity contribution in [2.24, 2.45) is 0 Å². The fourth-order valence-corrected chi connectivity index (χ4v) is 3.68. The molecule has 0 fully saturated rings. The van der Waals surface area contributed by atoms with Crippen LogP contribution < -0.4 is 10.0 Å². The number of nitrogens with one attached hydrogen (secondary N) is 2. The van der Waals surface area contributed by atoms with Crippen LogP contribution in [-0.2, 0) is 23.1 Å². The molecule has 0 bridgehead atoms. The Morgan fingerprint density at radius 3 is 2.70 bits per heavy atom. The largest absolute Gasteiger partial charge is 0.316 e. The highest BCUT2D eigenvalue weighted by Gasteiger charge is 2.15. The van der Waals surface area contributed by atoms with Gasteiger partial charge in [-0.25, -0.2) is 13.1 Å². The Hall–Kier alpha value is -0.920. The Morgan fingerprint density at radius 1 is 1.25 bits per heavy atom. The minimum atomic E-state index is -3.52. The maximum atomic E-state index is 12.2. The van der Waals surface area contributed by atoms with Gasteiger partial charge in [-0.2, -0.15) is 0 Å². The van der Waals surface area contributed by atoms with Crippen molar-refractivity contribution < 1.29 is 8.42 Å². The van der Waals surface area contributed by atoms with Gasteiger partial charge in [-0.1, -0.05) is 17.7 Å². The van der Waals surface area contributed by atoms with E-state index in [2.05, 4.69) is 10.0 Å². The van der Waals surface area contributed by atoms with Crippen molar-refractivity contribution in [1.29, 1.82) is 0 Å². The Balaban J connectivity index is 2.18. The second-order valence-electron chi connectivity index (χ2n) is 4.19. The molecular formula is C13H15ClN2O2S2. The van der Waals surface area contributed by atoms with E-state index in [4.69, 9.17) is 11.6 Å². The first-order valence-electron chi connectivity index (χ1n) is 5.98. The molecule has 0 radical (unpaired) electrons. The number of hydrogen-bond donors (Lipinski definition) is 2. The van der Waals surface area contributed by atoms with Crippen LogP contribution in [-0.4, -0.2) is 15.5 Å². The molecule has 0 aliphatic heterocycles. The number of hydrogen-bond acceptors (Lipinski definition) is 4. The fourth-order valence-electron chi connectivity index (χ4n) is 1.71. The van der Waals surface area contributed by atoms with Crippen LogP contribution in [0, 0.1) is 0 Å². The summed E-state index contributed by atoms with van der Waals surface area (Å²) in [5.74, 6) is 0. The van der Waals surface area contributed by atoms with Crippen molar-refractivity contribution >= 4 is 33.0 Å². The third-order valence-electron chi connectivity index (χ3n) is 2.71. The molecule has 2 aromatic rings. The summed E-state index contributed by atoms with van der Waals surface area (Å²) in [4.78, 5) is 1.20. The predicted molar refractivity (Wildman–Crippen MR) is 82.6 cm³/mol. The van der Waals surface area contributed by atoms with Crippen LogP contribution >= 0.6 is 22.9 Å². The van der Waals surface area contributed by atoms with E-state index in [1.165, 1.54) is 17.4 Å². The van der Waals surface area contributed by atoms with Crippen molar-refractivity contribution in [1.82, 2.24) is 10.0 Å². The predicted octanol–water partition coefficient (Wildman–Crippen LogP) is 2.60. The first-order valence-corrected chi connectivity index (χ1v) is 8.72. The number of sulfonamides is 1. The third kappa shape index (κ3) is 3.80. The molecule has 0 saturated heterocycles. The summed E-state index contributed by atoms with van der Waals surface area (Å²) in [5.41, 5.74) is 0.758. The van der Waals surface area contributed by atoms with Gasteiger partial charge < -0.3 is 5.32 Å². The molecule has 108 valence electrons. The monoisotopic (exact) mass is 330 g/mol. The Kier molecular flexibility index (Phi) is 5.17. The molecule has 1 aromatic heterocycles. The molecule has 0 spiro atoms. The molecule has 20 heavy (non-hydrogen) atoms. The van der Waals surface area contributed by atoms with Gasteiger partial charge in [0, 0.05) is 23.0 Å². The molecule has 1 heterocycles. The van der Waals surface area contributed by atoms with Gasteiger partial charge in [-0.05, 0) is 42.3 Å². The molecule has 0 amide bonds. The molecule has 0 aliphatic carbocycles. The van der Waals surface area contributed by atoms with Crippen molar-refractivity contribution in [3.8, 4) is 0 Å². The van der Waals surface area contributed by atoms with Crippen LogP contribution in [0.5, 0.6) is 0 Å². The number of rotatable bonds is 6. The van der Waals surface area contributed by atoms with E-state index < -0.39 is 10.0 Å². The van der Waals surface area contributed by atoms with E-state index >= 15 is 0 Å². The van der Waals surface area contributed by atoms with Gasteiger partial charge in [-0.3, -0.25) is 0 Å². The van der Waals surface area contributed by atoms with E-state index in [0.717, 1.165) is 10.4 Å². The molecular weight excluding hydrogens is 316 g/mol. The summed E-state index contributed by atoms with van der Waals surface area (Å²) >= 11 is 7.54. The van der Waals surface area contributed by atoms with Gasteiger partial charge in [0.2, 0.25) is 10.0 Å². The molecule has 0 aliphatic rings. The van der Waals surface area contributed by atoms with E-state index in [-0.39, 0.29) is 4.90 Å². The van der Waals surface area contributed by atoms with Crippen molar-refractivity contribution in [2.45, 2.75) is 18.0 Å². The van der Waals surface area contributed by atoms with Crippen molar-refractivity contribution in [2.75, 3.05) is 7.05 Å². The molecule has 2 N–H and O–H groups in total. The summed E-state index contributed by atoms with van der Waals surface area (Å²) in [5, 5.41) is 5.43. The lowest BCUT2D eigenvalue weighted by molar-refractivity contribution is 0.581. The topological polar surface area (TPSA) is 58.2 Å². The van der Waals surface area contributed by atoms with Gasteiger partial charge in [0.1, 0.15) is 0 Å². The quantitative estimate of drug-likeness (QED) is 0.856. The summed E-state index contributed by atoms with van der Waals surface area (Å²) < 4.78 is 27.0. The highest BCUT2D eigenvalue weighted by molar-refractivity contribution is 7.89. The van der Waals surface area contributed by atoms with Gasteiger partial charge >= 0.3 is 0 Å². The first-order chi connectivity index (χ1) is 9.53. The summed E-state index contributed by atoms with van der Waals surface area (Å²) in [7, 11) is -1.74. The minimum Gasteiger partial charge on any atom is -0.316 e. The maximum absolute atomic E-state index is 12.2. The normalized spacial score (nSPS) is 11.7. The Bertz CT molecular complexity index is 670. The van der Waals surface area contributed by atoms with E-state index in [0.29, 0.717) is 18.1 Å². The highest BCUT2D eigenvalue weighted by Crippen LogP contribution is 2.20. The van der Waals surface area contributed by atoms with Gasteiger partial charge in [0.15, 0.2) is 0 Å². The standard InChI is InChI=1S/C13H15ClN2O2S2/c1-15-8-10-7-12(4-5-13(10)14)20(17,18)16-9-11-3-2-6-19-11/h2-7,15-16H,8-9H2,1H3. The zero-order valence-electron chi connectivity index (χ0n) is 10.9. The van der Waals surface area contributed by atoms with Gasteiger partial charge in [0.25, 0.3) is 0 Å². The molecule has 7 heteroatoms. The molecule has 2 rings (SSSR count). The molecule has 0 unspecified atom stereocenters. The zero-order chi connectivity index (χ0) is 14.6. The third-order valence-corrected chi connectivity index (χ3v) is 5.36. The van der Waals surface area contributed by atoms with Crippen LogP contribution in [0.4, 0.5) is 0 Å². The minimum absolute atomic E-state index is 0.226. The summed E-state index contributed by atoms with van der Waals surface area (Å²) in [6.07, 6.45) is 0. The van der Waals surface area contributed by atoms with Crippen molar-refractivity contribution in [3.63, 3.8) is 0 Å². The van der Waals surface area contributed by atoms with Crippen LogP contribution in [0.3, 0.4) is 0 Å². The number of halogens is 1. The fraction of sp³-hybridized carbons (Fsp3) is 0.231. The van der Waals surface area contributed by atoms with E-state index in [1.54, 1.807) is 19.2 Å². The smallest absolute Gasteiger partial charge is 0.240 e. The van der Waals surface area contributed by atoms with E-state index in [9.17, 15) is 8.42 Å². The first kappa shape index (κ1) is 15.5. The summed E-state index contributed by atoms with van der Waals surface area (Å²) in [6, 6.07) is 8.49. The van der Waals surface area contributed by atoms with Crippen LogP contribution in [0.1, 0.15) is 10.4 Å². The SMILES string of the molecule is CNCc1cc(S(=O)(=O)NCc2cccs2)ccc1Cl. The maximum Gasteiger partial charge on any atom is 0.240 e. The van der Waals surface area contributed by atoms with Crippen LogP contribution in [0.25, 0.3) is 0 Å². The van der Waals surface area contributed by atoms with Gasteiger partial charge in [0.05, 0.1) is 4.90 Å². The average molecular weight is 331 g/mol. The second kappa shape index (κ2) is 6.69. The van der Waals surface area contributed by atoms with E-state index in [1.807, 2.05) is 17.5 Å². The molecule has 1 aromatic carbocycles. The summed E-state index contributed by atoms with van der Waals surface area (Å²) in [6.45, 7) is 0.817. The number of benzene rings is 1. The molecule has 4 nitrogen and oxygen atoms in total. The number of thiophene rings is 1. The van der Waals surface area contributed by atoms with Crippen LogP contribution in [0.2, 0.25) is 5.02 Å². The Labute approximate surface area is 127 Å².